The molecule has 0 bridgehead atoms. The number of primary amides is 1. The Balaban J connectivity index is 0.00000300. The molecule has 1 fully saturated rings. The first kappa shape index (κ1) is 23.1. The SMILES string of the molecule is CNC(CC(C)C)C(=O)N1CC2(C[C@H]1C(N)=O)OCc1ccccc1NC2=O.Cl. The zero-order chi connectivity index (χ0) is 20.5. The van der Waals surface area contributed by atoms with E-state index < -0.39 is 23.6 Å². The lowest BCUT2D eigenvalue weighted by molar-refractivity contribution is -0.144. The highest BCUT2D eigenvalue weighted by Crippen LogP contribution is 2.36. The van der Waals surface area contributed by atoms with Crippen LogP contribution in [-0.2, 0) is 25.7 Å². The molecule has 1 spiro atoms. The van der Waals surface area contributed by atoms with E-state index in [1.54, 1.807) is 13.1 Å². The van der Waals surface area contributed by atoms with Gasteiger partial charge in [-0.05, 0) is 25.5 Å². The molecule has 4 N–H and O–H groups in total. The fraction of sp³-hybridized carbons (Fsp3) is 0.550. The number of hydrogen-bond acceptors (Lipinski definition) is 5. The van der Waals surface area contributed by atoms with Crippen molar-refractivity contribution in [2.75, 3.05) is 18.9 Å². The lowest BCUT2D eigenvalue weighted by Crippen LogP contribution is -2.52. The van der Waals surface area contributed by atoms with E-state index in [0.29, 0.717) is 12.1 Å². The lowest BCUT2D eigenvalue weighted by Gasteiger charge is -2.29. The Morgan fingerprint density at radius 1 is 1.38 bits per heavy atom. The second kappa shape index (κ2) is 9.11. The number of halogens is 1. The van der Waals surface area contributed by atoms with E-state index in [1.165, 1.54) is 4.90 Å². The highest BCUT2D eigenvalue weighted by atomic mass is 35.5. The van der Waals surface area contributed by atoms with Gasteiger partial charge in [0.05, 0.1) is 19.2 Å². The summed E-state index contributed by atoms with van der Waals surface area (Å²) < 4.78 is 6.01. The third kappa shape index (κ3) is 4.55. The predicted octanol–water partition coefficient (Wildman–Crippen LogP) is 1.04. The molecule has 1 aromatic rings. The minimum absolute atomic E-state index is 0. The summed E-state index contributed by atoms with van der Waals surface area (Å²) in [5.74, 6) is -0.946. The maximum absolute atomic E-state index is 13.1. The molecule has 2 heterocycles. The predicted molar refractivity (Wildman–Crippen MR) is 111 cm³/mol. The monoisotopic (exact) mass is 424 g/mol. The van der Waals surface area contributed by atoms with Gasteiger partial charge in [-0.15, -0.1) is 12.4 Å². The van der Waals surface area contributed by atoms with Gasteiger partial charge in [-0.25, -0.2) is 0 Å². The van der Waals surface area contributed by atoms with Crippen LogP contribution in [0.15, 0.2) is 24.3 Å². The first-order chi connectivity index (χ1) is 13.3. The number of rotatable bonds is 5. The summed E-state index contributed by atoms with van der Waals surface area (Å²) in [4.78, 5) is 39.7. The van der Waals surface area contributed by atoms with Gasteiger partial charge in [-0.3, -0.25) is 14.4 Å². The van der Waals surface area contributed by atoms with Crippen LogP contribution in [0.2, 0.25) is 0 Å². The maximum Gasteiger partial charge on any atom is 0.258 e. The van der Waals surface area contributed by atoms with Crippen LogP contribution in [0.3, 0.4) is 0 Å². The van der Waals surface area contributed by atoms with Crippen LogP contribution in [-0.4, -0.2) is 53.9 Å². The number of hydrogen-bond donors (Lipinski definition) is 3. The standard InChI is InChI=1S/C20H28N4O4.ClH/c1-12(2)8-15(22-3)18(26)24-11-20(9-16(24)17(21)25)19(27)23-14-7-5-4-6-13(14)10-28-20;/h4-7,12,15-16,22H,8-11H2,1-3H3,(H2,21,25)(H,23,27);1H/t15?,16-,20?;/m0./s1. The number of para-hydroxylation sites is 1. The number of likely N-dealkylation sites (tertiary alicyclic amines) is 1. The van der Waals surface area contributed by atoms with Crippen molar-refractivity contribution in [3.05, 3.63) is 29.8 Å². The zero-order valence-corrected chi connectivity index (χ0v) is 17.8. The van der Waals surface area contributed by atoms with Gasteiger partial charge >= 0.3 is 0 Å². The van der Waals surface area contributed by atoms with E-state index in [0.717, 1.165) is 5.56 Å². The molecular weight excluding hydrogens is 396 g/mol. The van der Waals surface area contributed by atoms with Gasteiger partial charge in [-0.2, -0.15) is 0 Å². The van der Waals surface area contributed by atoms with Crippen LogP contribution in [0, 0.1) is 5.92 Å². The molecule has 8 nitrogen and oxygen atoms in total. The van der Waals surface area contributed by atoms with Crippen molar-refractivity contribution in [2.24, 2.45) is 11.7 Å². The van der Waals surface area contributed by atoms with Gasteiger partial charge in [0, 0.05) is 17.7 Å². The van der Waals surface area contributed by atoms with E-state index >= 15 is 0 Å². The van der Waals surface area contributed by atoms with Crippen LogP contribution in [0.25, 0.3) is 0 Å². The summed E-state index contributed by atoms with van der Waals surface area (Å²) in [6, 6.07) is 6.03. The number of benzene rings is 1. The molecule has 2 unspecified atom stereocenters. The summed E-state index contributed by atoms with van der Waals surface area (Å²) in [6.45, 7) is 4.25. The van der Waals surface area contributed by atoms with E-state index in [-0.39, 0.29) is 49.7 Å². The fourth-order valence-corrected chi connectivity index (χ4v) is 3.93. The minimum Gasteiger partial charge on any atom is -0.368 e. The first-order valence-electron chi connectivity index (χ1n) is 9.58. The van der Waals surface area contributed by atoms with Crippen molar-refractivity contribution in [3.8, 4) is 0 Å². The lowest BCUT2D eigenvalue weighted by atomic mass is 9.98. The molecular formula is C20H29ClN4O4. The number of anilines is 1. The Bertz CT molecular complexity index is 787. The number of fused-ring (bicyclic) bond motifs is 1. The average molecular weight is 425 g/mol. The van der Waals surface area contributed by atoms with Crippen molar-refractivity contribution in [1.82, 2.24) is 10.2 Å². The van der Waals surface area contributed by atoms with E-state index in [2.05, 4.69) is 10.6 Å². The normalized spacial score (nSPS) is 24.5. The Labute approximate surface area is 176 Å². The molecule has 9 heteroatoms. The molecule has 0 saturated carbocycles. The van der Waals surface area contributed by atoms with Crippen molar-refractivity contribution < 1.29 is 19.1 Å². The molecule has 3 amide bonds. The first-order valence-corrected chi connectivity index (χ1v) is 9.58. The second-order valence-corrected chi connectivity index (χ2v) is 7.95. The molecule has 160 valence electrons. The van der Waals surface area contributed by atoms with Gasteiger partial charge in [0.1, 0.15) is 6.04 Å². The molecule has 1 saturated heterocycles. The highest BCUT2D eigenvalue weighted by Gasteiger charge is 2.55. The summed E-state index contributed by atoms with van der Waals surface area (Å²) in [7, 11) is 1.71. The molecule has 29 heavy (non-hydrogen) atoms. The van der Waals surface area contributed by atoms with Gasteiger partial charge in [0.25, 0.3) is 5.91 Å². The molecule has 0 radical (unpaired) electrons. The quantitative estimate of drug-likeness (QED) is 0.653. The summed E-state index contributed by atoms with van der Waals surface area (Å²) >= 11 is 0. The van der Waals surface area contributed by atoms with Crippen molar-refractivity contribution in [3.63, 3.8) is 0 Å². The number of carbonyl (C=O) groups is 3. The van der Waals surface area contributed by atoms with Crippen LogP contribution in [0.5, 0.6) is 0 Å². The Hall–Kier alpha value is -2.16. The largest absolute Gasteiger partial charge is 0.368 e. The number of ether oxygens (including phenoxy) is 1. The van der Waals surface area contributed by atoms with Crippen LogP contribution < -0.4 is 16.4 Å². The zero-order valence-electron chi connectivity index (χ0n) is 16.9. The summed E-state index contributed by atoms with van der Waals surface area (Å²) in [5.41, 5.74) is 5.81. The third-order valence-corrected chi connectivity index (χ3v) is 5.47. The third-order valence-electron chi connectivity index (χ3n) is 5.47. The maximum atomic E-state index is 13.1. The van der Waals surface area contributed by atoms with Crippen molar-refractivity contribution >= 4 is 35.8 Å². The minimum atomic E-state index is -1.30. The second-order valence-electron chi connectivity index (χ2n) is 7.95. The van der Waals surface area contributed by atoms with Gasteiger partial charge in [0.2, 0.25) is 11.8 Å². The van der Waals surface area contributed by atoms with Crippen LogP contribution in [0.4, 0.5) is 5.69 Å². The Morgan fingerprint density at radius 3 is 2.69 bits per heavy atom. The van der Waals surface area contributed by atoms with Crippen molar-refractivity contribution in [2.45, 2.75) is 51.0 Å². The summed E-state index contributed by atoms with van der Waals surface area (Å²) in [5, 5.41) is 5.89. The Kier molecular flexibility index (Phi) is 7.26. The van der Waals surface area contributed by atoms with Crippen LogP contribution in [0.1, 0.15) is 32.3 Å². The van der Waals surface area contributed by atoms with E-state index in [4.69, 9.17) is 10.5 Å². The van der Waals surface area contributed by atoms with Gasteiger partial charge < -0.3 is 26.0 Å². The number of likely N-dealkylation sites (N-methyl/N-ethyl adjacent to an activating group) is 1. The number of nitrogens with one attached hydrogen (secondary N) is 2. The number of carbonyl (C=O) groups excluding carboxylic acids is 3. The molecule has 0 aliphatic carbocycles. The van der Waals surface area contributed by atoms with Crippen molar-refractivity contribution in [1.29, 1.82) is 0 Å². The summed E-state index contributed by atoms with van der Waals surface area (Å²) in [6.07, 6.45) is 0.662. The topological polar surface area (TPSA) is 114 Å². The molecule has 3 rings (SSSR count). The van der Waals surface area contributed by atoms with E-state index in [9.17, 15) is 14.4 Å². The number of amides is 3. The Morgan fingerprint density at radius 2 is 2.07 bits per heavy atom. The van der Waals surface area contributed by atoms with Crippen LogP contribution >= 0.6 is 12.4 Å². The highest BCUT2D eigenvalue weighted by molar-refractivity contribution is 6.01. The fourth-order valence-electron chi connectivity index (χ4n) is 3.93. The number of nitrogens with two attached hydrogens (primary N) is 1. The van der Waals surface area contributed by atoms with Gasteiger partial charge in [0.15, 0.2) is 5.60 Å². The molecule has 2 aliphatic heterocycles. The molecule has 2 aliphatic rings. The van der Waals surface area contributed by atoms with E-state index in [1.807, 2.05) is 32.0 Å². The van der Waals surface area contributed by atoms with Gasteiger partial charge in [-0.1, -0.05) is 32.0 Å². The average Bonchev–Trinajstić information content (AvgIpc) is 3.00. The molecule has 1 aromatic carbocycles. The number of nitrogens with zero attached hydrogens (tertiary/aromatic N) is 1. The smallest absolute Gasteiger partial charge is 0.258 e. The molecule has 0 aromatic heterocycles. The molecule has 3 atom stereocenters.